The molecule has 0 N–H and O–H groups in total. The molecule has 3 rings (SSSR count). The zero-order valence-electron chi connectivity index (χ0n) is 20.5. The van der Waals surface area contributed by atoms with Crippen molar-refractivity contribution in [2.75, 3.05) is 19.6 Å². The van der Waals surface area contributed by atoms with E-state index in [0.717, 1.165) is 50.5 Å². The Morgan fingerprint density at radius 1 is 1.09 bits per heavy atom. The molecule has 2 amide bonds. The summed E-state index contributed by atoms with van der Waals surface area (Å²) in [6, 6.07) is 7.00. The summed E-state index contributed by atoms with van der Waals surface area (Å²) < 4.78 is 5.59. The summed E-state index contributed by atoms with van der Waals surface area (Å²) in [5.41, 5.74) is 0.812. The number of hydrogen-bond donors (Lipinski definition) is 0. The number of amides is 2. The van der Waals surface area contributed by atoms with Gasteiger partial charge in [-0.05, 0) is 56.4 Å². The fraction of sp³-hybridized carbons (Fsp3) is 0.615. The molecule has 1 aliphatic rings. The minimum atomic E-state index is -0.262. The Labute approximate surface area is 207 Å². The number of carbonyl (C=O) groups excluding carboxylic acids is 2. The summed E-state index contributed by atoms with van der Waals surface area (Å²) >= 11 is 5.98. The van der Waals surface area contributed by atoms with Crippen LogP contribution in [0.2, 0.25) is 5.02 Å². The Balaban J connectivity index is 1.64. The van der Waals surface area contributed by atoms with Crippen LogP contribution in [0.25, 0.3) is 11.4 Å². The topological polar surface area (TPSA) is 79.5 Å². The number of hydrogen-bond acceptors (Lipinski definition) is 5. The van der Waals surface area contributed by atoms with Crippen LogP contribution in [0, 0.1) is 0 Å². The van der Waals surface area contributed by atoms with Crippen molar-refractivity contribution in [3.63, 3.8) is 0 Å². The SMILES string of the molecule is CCCCCCCC(=O)N(CCC)CC(=O)N1CCCCC1c1nc(-c2ccc(Cl)cc2)no1. The zero-order chi connectivity index (χ0) is 24.3. The van der Waals surface area contributed by atoms with Crippen molar-refractivity contribution < 1.29 is 14.1 Å². The molecule has 2 aromatic rings. The quantitative estimate of drug-likeness (QED) is 0.340. The van der Waals surface area contributed by atoms with Gasteiger partial charge in [-0.1, -0.05) is 56.3 Å². The maximum Gasteiger partial charge on any atom is 0.249 e. The van der Waals surface area contributed by atoms with E-state index in [1.165, 1.54) is 12.8 Å². The van der Waals surface area contributed by atoms with Gasteiger partial charge in [0.1, 0.15) is 6.04 Å². The number of likely N-dealkylation sites (tertiary alicyclic amines) is 1. The van der Waals surface area contributed by atoms with E-state index in [0.29, 0.717) is 36.2 Å². The lowest BCUT2D eigenvalue weighted by molar-refractivity contribution is -0.143. The predicted molar refractivity (Wildman–Crippen MR) is 133 cm³/mol. The Morgan fingerprint density at radius 3 is 2.59 bits per heavy atom. The Bertz CT molecular complexity index is 915. The number of aromatic nitrogens is 2. The molecular weight excluding hydrogens is 452 g/mol. The van der Waals surface area contributed by atoms with Crippen LogP contribution in [0.4, 0.5) is 0 Å². The first kappa shape index (κ1) is 26.2. The molecule has 0 aliphatic carbocycles. The number of carbonyl (C=O) groups is 2. The molecule has 1 aromatic heterocycles. The predicted octanol–water partition coefficient (Wildman–Crippen LogP) is 6.04. The minimum Gasteiger partial charge on any atom is -0.337 e. The summed E-state index contributed by atoms with van der Waals surface area (Å²) in [7, 11) is 0. The number of piperidine rings is 1. The van der Waals surface area contributed by atoms with Gasteiger partial charge in [0, 0.05) is 30.1 Å². The minimum absolute atomic E-state index is 0.0521. The third kappa shape index (κ3) is 7.29. The number of unbranched alkanes of at least 4 members (excludes halogenated alkanes) is 4. The molecule has 1 aromatic carbocycles. The smallest absolute Gasteiger partial charge is 0.249 e. The monoisotopic (exact) mass is 488 g/mol. The van der Waals surface area contributed by atoms with Crippen LogP contribution < -0.4 is 0 Å². The summed E-state index contributed by atoms with van der Waals surface area (Å²) in [6.07, 6.45) is 9.52. The molecule has 34 heavy (non-hydrogen) atoms. The molecule has 0 radical (unpaired) electrons. The van der Waals surface area contributed by atoms with Crippen LogP contribution in [0.15, 0.2) is 28.8 Å². The highest BCUT2D eigenvalue weighted by Gasteiger charge is 2.33. The highest BCUT2D eigenvalue weighted by molar-refractivity contribution is 6.30. The van der Waals surface area contributed by atoms with E-state index in [-0.39, 0.29) is 24.4 Å². The zero-order valence-corrected chi connectivity index (χ0v) is 21.2. The van der Waals surface area contributed by atoms with Crippen molar-refractivity contribution in [1.82, 2.24) is 19.9 Å². The van der Waals surface area contributed by atoms with E-state index in [4.69, 9.17) is 16.1 Å². The highest BCUT2D eigenvalue weighted by Crippen LogP contribution is 2.31. The molecule has 7 nitrogen and oxygen atoms in total. The second-order valence-electron chi connectivity index (χ2n) is 9.04. The van der Waals surface area contributed by atoms with Gasteiger partial charge in [-0.2, -0.15) is 4.98 Å². The van der Waals surface area contributed by atoms with Crippen LogP contribution >= 0.6 is 11.6 Å². The van der Waals surface area contributed by atoms with E-state index >= 15 is 0 Å². The average molecular weight is 489 g/mol. The van der Waals surface area contributed by atoms with Crippen molar-refractivity contribution >= 4 is 23.4 Å². The van der Waals surface area contributed by atoms with Gasteiger partial charge < -0.3 is 14.3 Å². The largest absolute Gasteiger partial charge is 0.337 e. The standard InChI is InChI=1S/C26H37ClN4O3/c1-3-5-6-7-8-12-23(32)30(17-4-2)19-24(33)31-18-10-9-11-22(31)26-28-25(29-34-26)20-13-15-21(27)16-14-20/h13-16,22H,3-12,17-19H2,1-2H3. The molecule has 8 heteroatoms. The van der Waals surface area contributed by atoms with Gasteiger partial charge in [-0.3, -0.25) is 9.59 Å². The summed E-state index contributed by atoms with van der Waals surface area (Å²) in [6.45, 7) is 5.55. The molecule has 1 aliphatic heterocycles. The van der Waals surface area contributed by atoms with Gasteiger partial charge in [0.15, 0.2) is 0 Å². The van der Waals surface area contributed by atoms with E-state index in [1.807, 2.05) is 24.0 Å². The van der Waals surface area contributed by atoms with Gasteiger partial charge in [-0.15, -0.1) is 0 Å². The Morgan fingerprint density at radius 2 is 1.85 bits per heavy atom. The lowest BCUT2D eigenvalue weighted by Gasteiger charge is -2.35. The fourth-order valence-electron chi connectivity index (χ4n) is 4.43. The van der Waals surface area contributed by atoms with Gasteiger partial charge in [0.2, 0.25) is 23.5 Å². The van der Waals surface area contributed by atoms with Gasteiger partial charge in [0.05, 0.1) is 6.54 Å². The van der Waals surface area contributed by atoms with Crippen molar-refractivity contribution in [2.45, 2.75) is 84.1 Å². The normalized spacial score (nSPS) is 16.0. The Hall–Kier alpha value is -2.41. The second kappa shape index (κ2) is 13.5. The molecule has 1 unspecified atom stereocenters. The van der Waals surface area contributed by atoms with Gasteiger partial charge >= 0.3 is 0 Å². The van der Waals surface area contributed by atoms with Crippen LogP contribution in [0.3, 0.4) is 0 Å². The first-order valence-electron chi connectivity index (χ1n) is 12.7. The number of rotatable bonds is 12. The second-order valence-corrected chi connectivity index (χ2v) is 9.48. The lowest BCUT2D eigenvalue weighted by Crippen LogP contribution is -2.46. The van der Waals surface area contributed by atoms with Crippen LogP contribution in [0.1, 0.15) is 90.0 Å². The Kier molecular flexibility index (Phi) is 10.4. The van der Waals surface area contributed by atoms with E-state index in [2.05, 4.69) is 17.1 Å². The van der Waals surface area contributed by atoms with E-state index in [9.17, 15) is 9.59 Å². The number of nitrogens with zero attached hydrogens (tertiary/aromatic N) is 4. The molecule has 1 fully saturated rings. The molecule has 0 saturated carbocycles. The third-order valence-electron chi connectivity index (χ3n) is 6.32. The van der Waals surface area contributed by atoms with Crippen molar-refractivity contribution in [1.29, 1.82) is 0 Å². The lowest BCUT2D eigenvalue weighted by atomic mass is 10.0. The molecular formula is C26H37ClN4O3. The molecule has 2 heterocycles. The third-order valence-corrected chi connectivity index (χ3v) is 6.57. The number of benzene rings is 1. The van der Waals surface area contributed by atoms with Crippen molar-refractivity contribution in [3.8, 4) is 11.4 Å². The van der Waals surface area contributed by atoms with Crippen molar-refractivity contribution in [3.05, 3.63) is 35.2 Å². The maximum atomic E-state index is 13.3. The summed E-state index contributed by atoms with van der Waals surface area (Å²) in [4.78, 5) is 34.3. The van der Waals surface area contributed by atoms with Crippen LogP contribution in [-0.4, -0.2) is 51.4 Å². The summed E-state index contributed by atoms with van der Waals surface area (Å²) in [5, 5.41) is 4.77. The maximum absolute atomic E-state index is 13.3. The average Bonchev–Trinajstić information content (AvgIpc) is 3.34. The molecule has 0 bridgehead atoms. The van der Waals surface area contributed by atoms with E-state index < -0.39 is 0 Å². The molecule has 186 valence electrons. The van der Waals surface area contributed by atoms with Crippen LogP contribution in [-0.2, 0) is 9.59 Å². The van der Waals surface area contributed by atoms with Gasteiger partial charge in [0.25, 0.3) is 0 Å². The summed E-state index contributed by atoms with van der Waals surface area (Å²) in [5.74, 6) is 0.949. The molecule has 1 saturated heterocycles. The first-order valence-corrected chi connectivity index (χ1v) is 13.1. The van der Waals surface area contributed by atoms with Gasteiger partial charge in [-0.25, -0.2) is 0 Å². The highest BCUT2D eigenvalue weighted by atomic mass is 35.5. The van der Waals surface area contributed by atoms with Crippen molar-refractivity contribution in [2.24, 2.45) is 0 Å². The fourth-order valence-corrected chi connectivity index (χ4v) is 4.55. The molecule has 0 spiro atoms. The van der Waals surface area contributed by atoms with Crippen LogP contribution in [0.5, 0.6) is 0 Å². The first-order chi connectivity index (χ1) is 16.5. The number of halogens is 1. The molecule has 1 atom stereocenters. The van der Waals surface area contributed by atoms with E-state index in [1.54, 1.807) is 17.0 Å².